The number of amides is 2. The number of thioether (sulfide) groups is 1. The second-order valence-corrected chi connectivity index (χ2v) is 8.52. The van der Waals surface area contributed by atoms with Crippen LogP contribution in [0.5, 0.6) is 11.5 Å². The zero-order valence-electron chi connectivity index (χ0n) is 18.4. The number of benzene rings is 2. The van der Waals surface area contributed by atoms with Gasteiger partial charge in [-0.3, -0.25) is 19.3 Å². The van der Waals surface area contributed by atoms with Crippen LogP contribution in [0.2, 0.25) is 0 Å². The fourth-order valence-electron chi connectivity index (χ4n) is 2.75. The van der Waals surface area contributed by atoms with E-state index in [4.69, 9.17) is 14.2 Å². The van der Waals surface area contributed by atoms with Crippen LogP contribution in [0.1, 0.15) is 29.8 Å². The van der Waals surface area contributed by atoms with Crippen LogP contribution in [-0.4, -0.2) is 48.2 Å². The third-order valence-electron chi connectivity index (χ3n) is 4.45. The molecule has 0 bridgehead atoms. The molecule has 172 valence electrons. The third kappa shape index (κ3) is 6.45. The molecule has 1 fully saturated rings. The molecular weight excluding hydrogens is 446 g/mol. The van der Waals surface area contributed by atoms with Gasteiger partial charge >= 0.3 is 11.9 Å². The van der Waals surface area contributed by atoms with Gasteiger partial charge in [0.15, 0.2) is 0 Å². The van der Waals surface area contributed by atoms with Crippen molar-refractivity contribution in [1.29, 1.82) is 0 Å². The smallest absolute Gasteiger partial charge is 0.343 e. The maximum atomic E-state index is 12.5. The number of methoxy groups -OCH3 is 1. The number of hydrogen-bond acceptors (Lipinski definition) is 8. The summed E-state index contributed by atoms with van der Waals surface area (Å²) in [6.45, 7) is 3.58. The van der Waals surface area contributed by atoms with Crippen LogP contribution in [0.15, 0.2) is 53.4 Å². The van der Waals surface area contributed by atoms with Crippen LogP contribution in [0.3, 0.4) is 0 Å². The molecule has 1 heterocycles. The highest BCUT2D eigenvalue weighted by molar-refractivity contribution is 8.18. The normalized spacial score (nSPS) is 14.7. The highest BCUT2D eigenvalue weighted by atomic mass is 32.2. The SMILES string of the molecule is COc1ccc(C(=O)Oc2ccc(/C=C3/SC(=O)N(CC(=O)OCC(C)C)C3=O)cc2)cc1. The summed E-state index contributed by atoms with van der Waals surface area (Å²) < 4.78 is 15.5. The topological polar surface area (TPSA) is 99.2 Å². The van der Waals surface area contributed by atoms with E-state index in [1.165, 1.54) is 7.11 Å². The molecule has 9 heteroatoms. The fourth-order valence-corrected chi connectivity index (χ4v) is 3.59. The first kappa shape index (κ1) is 24.1. The summed E-state index contributed by atoms with van der Waals surface area (Å²) in [6.07, 6.45) is 1.54. The lowest BCUT2D eigenvalue weighted by Gasteiger charge is -2.12. The molecule has 0 spiro atoms. The highest BCUT2D eigenvalue weighted by Crippen LogP contribution is 2.32. The van der Waals surface area contributed by atoms with Crippen LogP contribution < -0.4 is 9.47 Å². The predicted octanol–water partition coefficient (Wildman–Crippen LogP) is 4.15. The maximum Gasteiger partial charge on any atom is 0.343 e. The molecular formula is C24H23NO7S. The van der Waals surface area contributed by atoms with Crippen molar-refractivity contribution in [3.63, 3.8) is 0 Å². The van der Waals surface area contributed by atoms with Gasteiger partial charge in [-0.05, 0) is 65.7 Å². The van der Waals surface area contributed by atoms with Crippen molar-refractivity contribution in [2.75, 3.05) is 20.3 Å². The zero-order chi connectivity index (χ0) is 24.0. The summed E-state index contributed by atoms with van der Waals surface area (Å²) in [6, 6.07) is 13.0. The van der Waals surface area contributed by atoms with E-state index in [2.05, 4.69) is 0 Å². The second-order valence-electron chi connectivity index (χ2n) is 7.53. The molecule has 1 saturated heterocycles. The molecule has 33 heavy (non-hydrogen) atoms. The van der Waals surface area contributed by atoms with Crippen molar-refractivity contribution in [2.24, 2.45) is 5.92 Å². The summed E-state index contributed by atoms with van der Waals surface area (Å²) in [7, 11) is 1.54. The number of carbonyl (C=O) groups is 4. The third-order valence-corrected chi connectivity index (χ3v) is 5.36. The van der Waals surface area contributed by atoms with Crippen LogP contribution in [-0.2, 0) is 14.3 Å². The molecule has 2 amide bonds. The first-order valence-electron chi connectivity index (χ1n) is 10.1. The summed E-state index contributed by atoms with van der Waals surface area (Å²) >= 11 is 0.753. The van der Waals surface area contributed by atoms with Crippen molar-refractivity contribution in [3.05, 3.63) is 64.6 Å². The van der Waals surface area contributed by atoms with Crippen molar-refractivity contribution in [1.82, 2.24) is 4.90 Å². The highest BCUT2D eigenvalue weighted by Gasteiger charge is 2.36. The van der Waals surface area contributed by atoms with Gasteiger partial charge in [0.25, 0.3) is 11.1 Å². The van der Waals surface area contributed by atoms with Gasteiger partial charge in [0.1, 0.15) is 18.0 Å². The Balaban J connectivity index is 1.61. The first-order valence-corrected chi connectivity index (χ1v) is 11.0. The molecule has 3 rings (SSSR count). The molecule has 0 N–H and O–H groups in total. The summed E-state index contributed by atoms with van der Waals surface area (Å²) in [4.78, 5) is 49.9. The van der Waals surface area contributed by atoms with E-state index in [0.29, 0.717) is 22.6 Å². The Morgan fingerprint density at radius 2 is 1.64 bits per heavy atom. The molecule has 0 atom stereocenters. The van der Waals surface area contributed by atoms with Gasteiger partial charge in [-0.15, -0.1) is 0 Å². The first-order chi connectivity index (χ1) is 15.8. The monoisotopic (exact) mass is 469 g/mol. The van der Waals surface area contributed by atoms with Crippen molar-refractivity contribution < 1.29 is 33.4 Å². The molecule has 0 aromatic heterocycles. The average Bonchev–Trinajstić information content (AvgIpc) is 3.06. The second kappa shape index (κ2) is 10.8. The van der Waals surface area contributed by atoms with Gasteiger partial charge in [0, 0.05) is 0 Å². The van der Waals surface area contributed by atoms with Gasteiger partial charge in [0.05, 0.1) is 24.2 Å². The van der Waals surface area contributed by atoms with Gasteiger partial charge in [-0.1, -0.05) is 26.0 Å². The lowest BCUT2D eigenvalue weighted by molar-refractivity contribution is -0.147. The Labute approximate surface area is 195 Å². The van der Waals surface area contributed by atoms with E-state index in [9.17, 15) is 19.2 Å². The number of nitrogens with zero attached hydrogens (tertiary/aromatic N) is 1. The number of ether oxygens (including phenoxy) is 3. The lowest BCUT2D eigenvalue weighted by Crippen LogP contribution is -2.34. The van der Waals surface area contributed by atoms with Crippen molar-refractivity contribution in [2.45, 2.75) is 13.8 Å². The standard InChI is InChI=1S/C24H23NO7S/c1-15(2)14-31-21(26)13-25-22(27)20(33-24(25)29)12-16-4-8-19(9-5-16)32-23(28)17-6-10-18(30-3)11-7-17/h4-12,15H,13-14H2,1-3H3/b20-12+. The molecule has 8 nitrogen and oxygen atoms in total. The predicted molar refractivity (Wildman–Crippen MR) is 123 cm³/mol. The Kier molecular flexibility index (Phi) is 7.89. The van der Waals surface area contributed by atoms with Gasteiger partial charge in [-0.2, -0.15) is 0 Å². The number of esters is 2. The van der Waals surface area contributed by atoms with E-state index in [0.717, 1.165) is 16.7 Å². The van der Waals surface area contributed by atoms with Crippen LogP contribution in [0.4, 0.5) is 4.79 Å². The number of carbonyl (C=O) groups excluding carboxylic acids is 4. The van der Waals surface area contributed by atoms with E-state index < -0.39 is 29.6 Å². The fraction of sp³-hybridized carbons (Fsp3) is 0.250. The van der Waals surface area contributed by atoms with E-state index in [-0.39, 0.29) is 17.4 Å². The quantitative estimate of drug-likeness (QED) is 0.323. The summed E-state index contributed by atoms with van der Waals surface area (Å²) in [5.41, 5.74) is 1.01. The summed E-state index contributed by atoms with van der Waals surface area (Å²) in [5.74, 6) is -0.586. The molecule has 0 unspecified atom stereocenters. The molecule has 0 aliphatic carbocycles. The number of hydrogen-bond donors (Lipinski definition) is 0. The summed E-state index contributed by atoms with van der Waals surface area (Å²) in [5, 5.41) is -0.530. The minimum atomic E-state index is -0.629. The molecule has 1 aliphatic rings. The molecule has 0 saturated carbocycles. The molecule has 2 aromatic rings. The van der Waals surface area contributed by atoms with Crippen molar-refractivity contribution >= 4 is 40.9 Å². The van der Waals surface area contributed by atoms with Crippen molar-refractivity contribution in [3.8, 4) is 11.5 Å². The minimum absolute atomic E-state index is 0.155. The number of rotatable bonds is 8. The Morgan fingerprint density at radius 1 is 1.00 bits per heavy atom. The van der Waals surface area contributed by atoms with E-state index >= 15 is 0 Å². The van der Waals surface area contributed by atoms with Crippen LogP contribution in [0.25, 0.3) is 6.08 Å². The zero-order valence-corrected chi connectivity index (χ0v) is 19.2. The minimum Gasteiger partial charge on any atom is -0.497 e. The Hall–Kier alpha value is -3.59. The largest absolute Gasteiger partial charge is 0.497 e. The molecule has 0 radical (unpaired) electrons. The van der Waals surface area contributed by atoms with E-state index in [1.807, 2.05) is 13.8 Å². The Bertz CT molecular complexity index is 1070. The lowest BCUT2D eigenvalue weighted by atomic mass is 10.2. The molecule has 2 aromatic carbocycles. The van der Waals surface area contributed by atoms with Gasteiger partial charge in [0.2, 0.25) is 0 Å². The van der Waals surface area contributed by atoms with Gasteiger partial charge < -0.3 is 14.2 Å². The number of imide groups is 1. The van der Waals surface area contributed by atoms with Gasteiger partial charge in [-0.25, -0.2) is 4.79 Å². The van der Waals surface area contributed by atoms with E-state index in [1.54, 1.807) is 54.6 Å². The van der Waals surface area contributed by atoms with Crippen LogP contribution >= 0.6 is 11.8 Å². The maximum absolute atomic E-state index is 12.5. The average molecular weight is 470 g/mol. The van der Waals surface area contributed by atoms with Crippen LogP contribution in [0, 0.1) is 5.92 Å². The molecule has 1 aliphatic heterocycles. The Morgan fingerprint density at radius 3 is 2.24 bits per heavy atom.